The molecule has 0 aliphatic carbocycles. The van der Waals surface area contributed by atoms with E-state index in [4.69, 9.17) is 0 Å². The molecule has 6 heteroatoms. The van der Waals surface area contributed by atoms with Crippen molar-refractivity contribution in [1.82, 2.24) is 20.4 Å². The van der Waals surface area contributed by atoms with Crippen molar-refractivity contribution in [1.29, 1.82) is 0 Å². The Morgan fingerprint density at radius 2 is 1.90 bits per heavy atom. The van der Waals surface area contributed by atoms with Crippen LogP contribution in [-0.2, 0) is 0 Å². The third-order valence-corrected chi connectivity index (χ3v) is 4.84. The summed E-state index contributed by atoms with van der Waals surface area (Å²) in [7, 11) is 0. The first-order valence-electron chi connectivity index (χ1n) is 7.20. The number of likely N-dealkylation sites (tertiary alicyclic amines) is 1. The van der Waals surface area contributed by atoms with Gasteiger partial charge in [-0.1, -0.05) is 0 Å². The Labute approximate surface area is 125 Å². The van der Waals surface area contributed by atoms with Crippen molar-refractivity contribution < 1.29 is 4.79 Å². The molecule has 0 radical (unpaired) electrons. The highest BCUT2D eigenvalue weighted by molar-refractivity contribution is 5.95. The van der Waals surface area contributed by atoms with E-state index < -0.39 is 0 Å². The molecule has 20 heavy (non-hydrogen) atoms. The van der Waals surface area contributed by atoms with Crippen LogP contribution in [0.15, 0.2) is 6.20 Å². The number of aromatic amines is 1. The highest BCUT2D eigenvalue weighted by Crippen LogP contribution is 2.39. The molecule has 1 amide bonds. The lowest BCUT2D eigenvalue weighted by atomic mass is 9.71. The summed E-state index contributed by atoms with van der Waals surface area (Å²) in [6.07, 6.45) is 6.47. The number of rotatable bonds is 1. The fourth-order valence-electron chi connectivity index (χ4n) is 3.38. The number of amides is 1. The van der Waals surface area contributed by atoms with Crippen LogP contribution in [-0.4, -0.2) is 47.2 Å². The van der Waals surface area contributed by atoms with E-state index >= 15 is 0 Å². The predicted octanol–water partition coefficient (Wildman–Crippen LogP) is 1.75. The van der Waals surface area contributed by atoms with E-state index in [1.165, 1.54) is 12.8 Å². The number of aromatic nitrogens is 2. The second kappa shape index (κ2) is 6.14. The normalized spacial score (nSPS) is 21.6. The fraction of sp³-hybridized carbons (Fsp3) is 0.714. The Bertz CT molecular complexity index is 457. The molecule has 3 heterocycles. The van der Waals surface area contributed by atoms with Gasteiger partial charge in [0.15, 0.2) is 0 Å². The van der Waals surface area contributed by atoms with Crippen molar-refractivity contribution in [3.05, 3.63) is 17.5 Å². The molecule has 2 aliphatic rings. The van der Waals surface area contributed by atoms with Crippen LogP contribution in [0.2, 0.25) is 0 Å². The van der Waals surface area contributed by atoms with Crippen molar-refractivity contribution in [2.24, 2.45) is 5.41 Å². The van der Waals surface area contributed by atoms with Crippen molar-refractivity contribution in [3.8, 4) is 0 Å². The molecule has 2 saturated heterocycles. The zero-order valence-electron chi connectivity index (χ0n) is 11.9. The van der Waals surface area contributed by atoms with Crippen LogP contribution in [0.3, 0.4) is 0 Å². The van der Waals surface area contributed by atoms with Crippen molar-refractivity contribution in [2.45, 2.75) is 32.6 Å². The molecule has 0 aromatic carbocycles. The number of halogens is 1. The second-order valence-corrected chi connectivity index (χ2v) is 5.95. The largest absolute Gasteiger partial charge is 0.339 e. The number of nitrogens with zero attached hydrogens (tertiary/aromatic N) is 2. The molecule has 1 spiro atoms. The molecule has 2 aliphatic heterocycles. The third-order valence-electron chi connectivity index (χ3n) is 4.84. The van der Waals surface area contributed by atoms with E-state index in [9.17, 15) is 4.79 Å². The minimum absolute atomic E-state index is 0. The molecule has 0 unspecified atom stereocenters. The summed E-state index contributed by atoms with van der Waals surface area (Å²) >= 11 is 0. The van der Waals surface area contributed by atoms with Gasteiger partial charge in [-0.3, -0.25) is 9.89 Å². The van der Waals surface area contributed by atoms with Gasteiger partial charge in [0.2, 0.25) is 0 Å². The maximum absolute atomic E-state index is 12.4. The van der Waals surface area contributed by atoms with Crippen LogP contribution in [0.5, 0.6) is 0 Å². The maximum atomic E-state index is 12.4. The van der Waals surface area contributed by atoms with Crippen molar-refractivity contribution in [2.75, 3.05) is 26.2 Å². The van der Waals surface area contributed by atoms with Crippen molar-refractivity contribution >= 4 is 18.3 Å². The van der Waals surface area contributed by atoms with Gasteiger partial charge in [-0.25, -0.2) is 0 Å². The lowest BCUT2D eigenvalue weighted by molar-refractivity contribution is 0.0495. The van der Waals surface area contributed by atoms with E-state index in [2.05, 4.69) is 15.5 Å². The quantitative estimate of drug-likeness (QED) is 0.830. The first-order chi connectivity index (χ1) is 9.20. The molecule has 2 fully saturated rings. The summed E-state index contributed by atoms with van der Waals surface area (Å²) in [5.41, 5.74) is 2.08. The van der Waals surface area contributed by atoms with E-state index in [1.54, 1.807) is 6.20 Å². The van der Waals surface area contributed by atoms with Gasteiger partial charge >= 0.3 is 0 Å². The summed E-state index contributed by atoms with van der Waals surface area (Å²) in [6.45, 7) is 5.95. The zero-order valence-corrected chi connectivity index (χ0v) is 12.8. The summed E-state index contributed by atoms with van der Waals surface area (Å²) in [5, 5.41) is 10.2. The zero-order chi connectivity index (χ0) is 13.3. The number of H-pyrrole nitrogens is 1. The molecule has 0 saturated carbocycles. The van der Waals surface area contributed by atoms with Gasteiger partial charge in [0.1, 0.15) is 0 Å². The maximum Gasteiger partial charge on any atom is 0.257 e. The molecule has 112 valence electrons. The summed E-state index contributed by atoms with van der Waals surface area (Å²) in [4.78, 5) is 14.4. The van der Waals surface area contributed by atoms with Crippen LogP contribution in [0, 0.1) is 12.3 Å². The smallest absolute Gasteiger partial charge is 0.257 e. The summed E-state index contributed by atoms with van der Waals surface area (Å²) in [5.74, 6) is 0.134. The molecule has 2 N–H and O–H groups in total. The first-order valence-corrected chi connectivity index (χ1v) is 7.20. The van der Waals surface area contributed by atoms with Crippen LogP contribution in [0.4, 0.5) is 0 Å². The van der Waals surface area contributed by atoms with Crippen LogP contribution in [0.1, 0.15) is 41.7 Å². The molecular weight excluding hydrogens is 276 g/mol. The van der Waals surface area contributed by atoms with Crippen LogP contribution < -0.4 is 5.32 Å². The molecule has 0 bridgehead atoms. The van der Waals surface area contributed by atoms with Gasteiger partial charge in [-0.15, -0.1) is 12.4 Å². The predicted molar refractivity (Wildman–Crippen MR) is 80.2 cm³/mol. The fourth-order valence-corrected chi connectivity index (χ4v) is 3.38. The average Bonchev–Trinajstić information content (AvgIpc) is 2.86. The highest BCUT2D eigenvalue weighted by atomic mass is 35.5. The van der Waals surface area contributed by atoms with Crippen molar-refractivity contribution in [3.63, 3.8) is 0 Å². The molecule has 1 aromatic heterocycles. The van der Waals surface area contributed by atoms with Gasteiger partial charge in [-0.05, 0) is 51.1 Å². The summed E-state index contributed by atoms with van der Waals surface area (Å²) < 4.78 is 0. The Balaban J connectivity index is 0.00000147. The Morgan fingerprint density at radius 3 is 2.45 bits per heavy atom. The standard InChI is InChI=1S/C14H22N4O.ClH/c1-11-12(10-16-17-11)13(19)18-8-4-14(5-9-18)2-6-15-7-3-14;/h10,15H,2-9H2,1H3,(H,16,17);1H. The number of carbonyl (C=O) groups excluding carboxylic acids is 1. The van der Waals surface area contributed by atoms with Gasteiger partial charge in [0, 0.05) is 18.8 Å². The van der Waals surface area contributed by atoms with E-state index in [0.717, 1.165) is 50.3 Å². The summed E-state index contributed by atoms with van der Waals surface area (Å²) in [6, 6.07) is 0. The molecule has 5 nitrogen and oxygen atoms in total. The number of hydrogen-bond acceptors (Lipinski definition) is 3. The Morgan fingerprint density at radius 1 is 1.25 bits per heavy atom. The average molecular weight is 299 g/mol. The van der Waals surface area contributed by atoms with Gasteiger partial charge < -0.3 is 10.2 Å². The van der Waals surface area contributed by atoms with Gasteiger partial charge in [-0.2, -0.15) is 5.10 Å². The van der Waals surface area contributed by atoms with E-state index in [-0.39, 0.29) is 18.3 Å². The Hall–Kier alpha value is -1.07. The van der Waals surface area contributed by atoms with Crippen LogP contribution >= 0.6 is 12.4 Å². The van der Waals surface area contributed by atoms with E-state index in [1.807, 2.05) is 11.8 Å². The number of hydrogen-bond donors (Lipinski definition) is 2. The van der Waals surface area contributed by atoms with Gasteiger partial charge in [0.05, 0.1) is 11.8 Å². The topological polar surface area (TPSA) is 61.0 Å². The number of carbonyl (C=O) groups is 1. The number of piperidine rings is 2. The van der Waals surface area contributed by atoms with Gasteiger partial charge in [0.25, 0.3) is 5.91 Å². The highest BCUT2D eigenvalue weighted by Gasteiger charge is 2.37. The minimum Gasteiger partial charge on any atom is -0.339 e. The monoisotopic (exact) mass is 298 g/mol. The van der Waals surface area contributed by atoms with Crippen LogP contribution in [0.25, 0.3) is 0 Å². The lowest BCUT2D eigenvalue weighted by Crippen LogP contribution is -2.47. The minimum atomic E-state index is 0. The SMILES string of the molecule is Cc1[nH]ncc1C(=O)N1CCC2(CCNCC2)CC1.Cl. The Kier molecular flexibility index (Phi) is 4.70. The lowest BCUT2D eigenvalue weighted by Gasteiger charge is -2.44. The number of nitrogens with one attached hydrogen (secondary N) is 2. The first kappa shape index (κ1) is 15.3. The third kappa shape index (κ3) is 2.83. The molecule has 3 rings (SSSR count). The molecule has 1 aromatic rings. The second-order valence-electron chi connectivity index (χ2n) is 5.95. The van der Waals surface area contributed by atoms with E-state index in [0.29, 0.717) is 5.41 Å². The molecule has 0 atom stereocenters. The number of aryl methyl sites for hydroxylation is 1. The molecular formula is C14H23ClN4O.